The van der Waals surface area contributed by atoms with Crippen molar-refractivity contribution >= 4 is 0 Å². The molecule has 0 spiro atoms. The minimum Gasteiger partial charge on any atom is -0.382 e. The largest absolute Gasteiger partial charge is 0.382 e. The highest BCUT2D eigenvalue weighted by Gasteiger charge is 1.93. The predicted molar refractivity (Wildman–Crippen MR) is 59.2 cm³/mol. The SMILES string of the molecule is CCOCCCNCc1ccc(F)cc1. The third-order valence-electron chi connectivity index (χ3n) is 2.09. The topological polar surface area (TPSA) is 21.3 Å². The maximum Gasteiger partial charge on any atom is 0.123 e. The van der Waals surface area contributed by atoms with Gasteiger partial charge in [-0.2, -0.15) is 0 Å². The van der Waals surface area contributed by atoms with Gasteiger partial charge in [0.15, 0.2) is 0 Å². The van der Waals surface area contributed by atoms with Crippen LogP contribution in [0, 0.1) is 5.82 Å². The van der Waals surface area contributed by atoms with E-state index in [4.69, 9.17) is 4.74 Å². The summed E-state index contributed by atoms with van der Waals surface area (Å²) in [5.74, 6) is -0.185. The lowest BCUT2D eigenvalue weighted by Crippen LogP contribution is -2.16. The Balaban J connectivity index is 2.07. The van der Waals surface area contributed by atoms with Crippen LogP contribution in [0.1, 0.15) is 18.9 Å². The quantitative estimate of drug-likeness (QED) is 0.699. The van der Waals surface area contributed by atoms with Crippen molar-refractivity contribution in [2.24, 2.45) is 0 Å². The van der Waals surface area contributed by atoms with Gasteiger partial charge < -0.3 is 10.1 Å². The first-order chi connectivity index (χ1) is 7.33. The van der Waals surface area contributed by atoms with Crippen LogP contribution in [0.15, 0.2) is 24.3 Å². The van der Waals surface area contributed by atoms with E-state index < -0.39 is 0 Å². The highest BCUT2D eigenvalue weighted by atomic mass is 19.1. The molecule has 1 aromatic carbocycles. The normalized spacial score (nSPS) is 10.5. The van der Waals surface area contributed by atoms with E-state index in [-0.39, 0.29) is 5.82 Å². The Morgan fingerprint density at radius 1 is 1.27 bits per heavy atom. The molecule has 0 bridgehead atoms. The van der Waals surface area contributed by atoms with Crippen LogP contribution < -0.4 is 5.32 Å². The maximum atomic E-state index is 12.6. The lowest BCUT2D eigenvalue weighted by molar-refractivity contribution is 0.144. The Morgan fingerprint density at radius 3 is 2.67 bits per heavy atom. The smallest absolute Gasteiger partial charge is 0.123 e. The summed E-state index contributed by atoms with van der Waals surface area (Å²) in [5, 5.41) is 3.28. The summed E-state index contributed by atoms with van der Waals surface area (Å²) in [4.78, 5) is 0. The van der Waals surface area contributed by atoms with Gasteiger partial charge >= 0.3 is 0 Å². The highest BCUT2D eigenvalue weighted by Crippen LogP contribution is 2.01. The molecule has 3 heteroatoms. The van der Waals surface area contributed by atoms with Crippen LogP contribution in [0.3, 0.4) is 0 Å². The van der Waals surface area contributed by atoms with Crippen LogP contribution in [-0.2, 0) is 11.3 Å². The van der Waals surface area contributed by atoms with E-state index in [1.807, 2.05) is 6.92 Å². The van der Waals surface area contributed by atoms with Crippen LogP contribution in [0.25, 0.3) is 0 Å². The molecule has 1 rings (SSSR count). The van der Waals surface area contributed by atoms with Crippen LogP contribution in [-0.4, -0.2) is 19.8 Å². The summed E-state index contributed by atoms with van der Waals surface area (Å²) >= 11 is 0. The van der Waals surface area contributed by atoms with E-state index in [1.165, 1.54) is 12.1 Å². The van der Waals surface area contributed by atoms with Crippen molar-refractivity contribution in [3.8, 4) is 0 Å². The third kappa shape index (κ3) is 5.50. The minimum atomic E-state index is -0.185. The van der Waals surface area contributed by atoms with Gasteiger partial charge in [0.1, 0.15) is 5.82 Å². The van der Waals surface area contributed by atoms with E-state index in [0.29, 0.717) is 0 Å². The molecule has 0 fully saturated rings. The van der Waals surface area contributed by atoms with Gasteiger partial charge in [0.05, 0.1) is 0 Å². The fourth-order valence-electron chi connectivity index (χ4n) is 1.28. The maximum absolute atomic E-state index is 12.6. The average Bonchev–Trinajstić information content (AvgIpc) is 2.26. The van der Waals surface area contributed by atoms with Crippen molar-refractivity contribution in [1.82, 2.24) is 5.32 Å². The zero-order valence-corrected chi connectivity index (χ0v) is 9.13. The van der Waals surface area contributed by atoms with Gasteiger partial charge in [0.25, 0.3) is 0 Å². The van der Waals surface area contributed by atoms with Gasteiger partial charge in [-0.15, -0.1) is 0 Å². The number of hydrogen-bond acceptors (Lipinski definition) is 2. The first-order valence-electron chi connectivity index (χ1n) is 5.36. The number of hydrogen-bond donors (Lipinski definition) is 1. The van der Waals surface area contributed by atoms with Crippen LogP contribution >= 0.6 is 0 Å². The summed E-state index contributed by atoms with van der Waals surface area (Å²) in [6, 6.07) is 6.56. The van der Waals surface area contributed by atoms with Crippen molar-refractivity contribution in [2.75, 3.05) is 19.8 Å². The number of nitrogens with one attached hydrogen (secondary N) is 1. The zero-order valence-electron chi connectivity index (χ0n) is 9.13. The molecular formula is C12H18FNO. The molecule has 0 aliphatic carbocycles. The number of halogens is 1. The van der Waals surface area contributed by atoms with Crippen molar-refractivity contribution in [2.45, 2.75) is 19.9 Å². The molecule has 0 unspecified atom stereocenters. The van der Waals surface area contributed by atoms with Crippen LogP contribution in [0.2, 0.25) is 0 Å². The molecule has 0 aromatic heterocycles. The van der Waals surface area contributed by atoms with E-state index in [0.717, 1.165) is 38.3 Å². The second kappa shape index (κ2) is 7.37. The fourth-order valence-corrected chi connectivity index (χ4v) is 1.28. The van der Waals surface area contributed by atoms with Crippen LogP contribution in [0.4, 0.5) is 4.39 Å². The molecule has 2 nitrogen and oxygen atoms in total. The second-order valence-corrected chi connectivity index (χ2v) is 3.35. The summed E-state index contributed by atoms with van der Waals surface area (Å²) < 4.78 is 17.8. The first kappa shape index (κ1) is 12.1. The van der Waals surface area contributed by atoms with Gasteiger partial charge in [0.2, 0.25) is 0 Å². The molecular weight excluding hydrogens is 193 g/mol. The van der Waals surface area contributed by atoms with Crippen molar-refractivity contribution in [1.29, 1.82) is 0 Å². The molecule has 84 valence electrons. The van der Waals surface area contributed by atoms with Gasteiger partial charge in [-0.05, 0) is 37.6 Å². The number of benzene rings is 1. The van der Waals surface area contributed by atoms with Gasteiger partial charge in [-0.3, -0.25) is 0 Å². The Labute approximate surface area is 90.4 Å². The van der Waals surface area contributed by atoms with Gasteiger partial charge in [-0.1, -0.05) is 12.1 Å². The second-order valence-electron chi connectivity index (χ2n) is 3.35. The lowest BCUT2D eigenvalue weighted by Gasteiger charge is -2.04. The summed E-state index contributed by atoms with van der Waals surface area (Å²) in [6.45, 7) is 5.28. The monoisotopic (exact) mass is 211 g/mol. The van der Waals surface area contributed by atoms with Crippen molar-refractivity contribution < 1.29 is 9.13 Å². The Hall–Kier alpha value is -0.930. The van der Waals surface area contributed by atoms with Gasteiger partial charge in [-0.25, -0.2) is 4.39 Å². The molecule has 0 aliphatic heterocycles. The molecule has 0 radical (unpaired) electrons. The highest BCUT2D eigenvalue weighted by molar-refractivity contribution is 5.15. The molecule has 0 heterocycles. The van der Waals surface area contributed by atoms with E-state index in [1.54, 1.807) is 12.1 Å². The Morgan fingerprint density at radius 2 is 2.00 bits per heavy atom. The molecule has 0 saturated carbocycles. The molecule has 0 amide bonds. The third-order valence-corrected chi connectivity index (χ3v) is 2.09. The summed E-state index contributed by atoms with van der Waals surface area (Å²) in [5.41, 5.74) is 1.10. The zero-order chi connectivity index (χ0) is 10.9. The molecule has 15 heavy (non-hydrogen) atoms. The van der Waals surface area contributed by atoms with Crippen molar-refractivity contribution in [3.05, 3.63) is 35.6 Å². The minimum absolute atomic E-state index is 0.185. The molecule has 1 aromatic rings. The fraction of sp³-hybridized carbons (Fsp3) is 0.500. The predicted octanol–water partition coefficient (Wildman–Crippen LogP) is 2.34. The lowest BCUT2D eigenvalue weighted by atomic mass is 10.2. The van der Waals surface area contributed by atoms with E-state index >= 15 is 0 Å². The molecule has 1 N–H and O–H groups in total. The van der Waals surface area contributed by atoms with Crippen molar-refractivity contribution in [3.63, 3.8) is 0 Å². The standard InChI is InChI=1S/C12H18FNO/c1-2-15-9-3-8-14-10-11-4-6-12(13)7-5-11/h4-7,14H,2-3,8-10H2,1H3. The van der Waals surface area contributed by atoms with E-state index in [2.05, 4.69) is 5.32 Å². The number of ether oxygens (including phenoxy) is 1. The van der Waals surface area contributed by atoms with Crippen LogP contribution in [0.5, 0.6) is 0 Å². The molecule has 0 saturated heterocycles. The molecule has 0 aliphatic rings. The average molecular weight is 211 g/mol. The van der Waals surface area contributed by atoms with E-state index in [9.17, 15) is 4.39 Å². The molecule has 0 atom stereocenters. The summed E-state index contributed by atoms with van der Waals surface area (Å²) in [6.07, 6.45) is 1.01. The first-order valence-corrected chi connectivity index (χ1v) is 5.36. The summed E-state index contributed by atoms with van der Waals surface area (Å²) in [7, 11) is 0. The Kier molecular flexibility index (Phi) is 5.97. The number of rotatable bonds is 7. The van der Waals surface area contributed by atoms with Gasteiger partial charge in [0, 0.05) is 19.8 Å². The Bertz CT molecular complexity index is 261.